The second kappa shape index (κ2) is 8.10. The van der Waals surface area contributed by atoms with Crippen LogP contribution in [0, 0.1) is 0 Å². The Bertz CT molecular complexity index is 654. The molecule has 0 saturated carbocycles. The number of carbonyl (C=O) groups is 2. The second-order valence-electron chi connectivity index (χ2n) is 5.14. The molecule has 23 heavy (non-hydrogen) atoms. The topological polar surface area (TPSA) is 81.4 Å². The maximum Gasteiger partial charge on any atom is 0.328 e. The fraction of sp³-hybridized carbons (Fsp3) is 0.222. The predicted molar refractivity (Wildman–Crippen MR) is 87.7 cm³/mol. The summed E-state index contributed by atoms with van der Waals surface area (Å²) in [6, 6.07) is 15.7. The molecule has 5 nitrogen and oxygen atoms in total. The molecule has 0 saturated heterocycles. The number of esters is 1. The first-order valence-electron chi connectivity index (χ1n) is 7.35. The Hall–Kier alpha value is -2.66. The van der Waals surface area contributed by atoms with E-state index in [-0.39, 0.29) is 5.91 Å². The first kappa shape index (κ1) is 16.7. The first-order chi connectivity index (χ1) is 11.1. The van der Waals surface area contributed by atoms with Gasteiger partial charge in [-0.1, -0.05) is 42.5 Å². The summed E-state index contributed by atoms with van der Waals surface area (Å²) in [4.78, 5) is 24.2. The van der Waals surface area contributed by atoms with Gasteiger partial charge in [0.2, 0.25) is 0 Å². The van der Waals surface area contributed by atoms with Gasteiger partial charge in [-0.05, 0) is 23.3 Å². The quantitative estimate of drug-likeness (QED) is 0.795. The van der Waals surface area contributed by atoms with E-state index in [0.717, 1.165) is 11.1 Å². The maximum atomic E-state index is 12.3. The summed E-state index contributed by atoms with van der Waals surface area (Å²) in [7, 11) is 1.31. The maximum absolute atomic E-state index is 12.3. The lowest BCUT2D eigenvalue weighted by Crippen LogP contribution is -2.43. The predicted octanol–water partition coefficient (Wildman–Crippen LogP) is 1.66. The van der Waals surface area contributed by atoms with E-state index in [1.807, 2.05) is 30.3 Å². The third-order valence-electron chi connectivity index (χ3n) is 3.53. The molecule has 0 aliphatic rings. The zero-order valence-electron chi connectivity index (χ0n) is 13.0. The Morgan fingerprint density at radius 1 is 1.04 bits per heavy atom. The van der Waals surface area contributed by atoms with Gasteiger partial charge in [-0.25, -0.2) is 4.79 Å². The summed E-state index contributed by atoms with van der Waals surface area (Å²) in [6.07, 6.45) is 0.375. The van der Waals surface area contributed by atoms with Crippen LogP contribution >= 0.6 is 0 Å². The second-order valence-corrected chi connectivity index (χ2v) is 5.14. The van der Waals surface area contributed by atoms with Gasteiger partial charge in [0.25, 0.3) is 5.91 Å². The minimum Gasteiger partial charge on any atom is -0.467 e. The van der Waals surface area contributed by atoms with Crippen molar-refractivity contribution in [2.24, 2.45) is 5.73 Å². The molecular weight excluding hydrogens is 292 g/mol. The van der Waals surface area contributed by atoms with Crippen molar-refractivity contribution in [2.45, 2.75) is 19.0 Å². The van der Waals surface area contributed by atoms with Crippen molar-refractivity contribution >= 4 is 11.9 Å². The number of nitrogens with one attached hydrogen (secondary N) is 1. The summed E-state index contributed by atoms with van der Waals surface area (Å²) in [5, 5.41) is 2.73. The molecule has 2 rings (SSSR count). The van der Waals surface area contributed by atoms with Gasteiger partial charge in [0.15, 0.2) is 0 Å². The van der Waals surface area contributed by atoms with E-state index in [2.05, 4.69) is 5.32 Å². The van der Waals surface area contributed by atoms with Crippen molar-refractivity contribution in [1.82, 2.24) is 5.32 Å². The zero-order chi connectivity index (χ0) is 16.7. The van der Waals surface area contributed by atoms with Crippen LogP contribution in [0.3, 0.4) is 0 Å². The number of amides is 1. The lowest BCUT2D eigenvalue weighted by Gasteiger charge is -2.16. The number of hydrogen-bond donors (Lipinski definition) is 2. The molecule has 3 N–H and O–H groups in total. The molecule has 0 spiro atoms. The highest BCUT2D eigenvalue weighted by Crippen LogP contribution is 2.08. The molecule has 0 bridgehead atoms. The van der Waals surface area contributed by atoms with E-state index in [0.29, 0.717) is 18.5 Å². The average Bonchev–Trinajstić information content (AvgIpc) is 2.61. The monoisotopic (exact) mass is 312 g/mol. The number of nitrogens with two attached hydrogens (primary N) is 1. The Balaban J connectivity index is 2.10. The van der Waals surface area contributed by atoms with E-state index in [4.69, 9.17) is 10.5 Å². The normalized spacial score (nSPS) is 11.6. The van der Waals surface area contributed by atoms with Crippen LogP contribution in [-0.4, -0.2) is 25.0 Å². The van der Waals surface area contributed by atoms with E-state index in [9.17, 15) is 9.59 Å². The van der Waals surface area contributed by atoms with E-state index in [1.54, 1.807) is 24.3 Å². The molecule has 0 fully saturated rings. The highest BCUT2D eigenvalue weighted by atomic mass is 16.5. The molecule has 0 aliphatic carbocycles. The fourth-order valence-electron chi connectivity index (χ4n) is 2.22. The van der Waals surface area contributed by atoms with E-state index in [1.165, 1.54) is 7.11 Å². The van der Waals surface area contributed by atoms with Crippen molar-refractivity contribution in [3.05, 3.63) is 71.3 Å². The van der Waals surface area contributed by atoms with Crippen LogP contribution < -0.4 is 11.1 Å². The van der Waals surface area contributed by atoms with Crippen LogP contribution in [0.2, 0.25) is 0 Å². The number of hydrogen-bond acceptors (Lipinski definition) is 4. The van der Waals surface area contributed by atoms with Gasteiger partial charge < -0.3 is 15.8 Å². The molecule has 0 aromatic heterocycles. The molecule has 2 aromatic carbocycles. The van der Waals surface area contributed by atoms with Crippen LogP contribution in [0.25, 0.3) is 0 Å². The molecule has 1 amide bonds. The Kier molecular flexibility index (Phi) is 5.88. The van der Waals surface area contributed by atoms with Gasteiger partial charge in [0, 0.05) is 18.5 Å². The molecule has 0 aliphatic heterocycles. The van der Waals surface area contributed by atoms with Gasteiger partial charge >= 0.3 is 5.97 Å². The van der Waals surface area contributed by atoms with Gasteiger partial charge in [-0.2, -0.15) is 0 Å². The molecule has 0 unspecified atom stereocenters. The molecule has 5 heteroatoms. The van der Waals surface area contributed by atoms with Crippen molar-refractivity contribution in [3.63, 3.8) is 0 Å². The molecule has 0 heterocycles. The molecule has 2 aromatic rings. The fourth-order valence-corrected chi connectivity index (χ4v) is 2.22. The highest BCUT2D eigenvalue weighted by Gasteiger charge is 2.22. The first-order valence-corrected chi connectivity index (χ1v) is 7.35. The van der Waals surface area contributed by atoms with Crippen LogP contribution in [0.5, 0.6) is 0 Å². The highest BCUT2D eigenvalue weighted by molar-refractivity contribution is 5.96. The standard InChI is InChI=1S/C18H20N2O3/c1-23-18(22)16(11-13-5-3-2-4-6-13)20-17(21)15-9-7-14(12-19)8-10-15/h2-10,16H,11-12,19H2,1H3,(H,20,21)/t16-/m0/s1. The number of benzene rings is 2. The smallest absolute Gasteiger partial charge is 0.328 e. The Morgan fingerprint density at radius 3 is 2.26 bits per heavy atom. The minimum absolute atomic E-state index is 0.320. The van der Waals surface area contributed by atoms with E-state index >= 15 is 0 Å². The largest absolute Gasteiger partial charge is 0.467 e. The van der Waals surface area contributed by atoms with Gasteiger partial charge in [-0.15, -0.1) is 0 Å². The summed E-state index contributed by atoms with van der Waals surface area (Å²) >= 11 is 0. The lowest BCUT2D eigenvalue weighted by molar-refractivity contribution is -0.142. The van der Waals surface area contributed by atoms with Gasteiger partial charge in [-0.3, -0.25) is 4.79 Å². The summed E-state index contributed by atoms with van der Waals surface area (Å²) < 4.78 is 4.79. The third-order valence-corrected chi connectivity index (χ3v) is 3.53. The zero-order valence-corrected chi connectivity index (χ0v) is 13.0. The average molecular weight is 312 g/mol. The molecule has 0 radical (unpaired) electrons. The number of methoxy groups -OCH3 is 1. The van der Waals surface area contributed by atoms with E-state index < -0.39 is 12.0 Å². The Labute approximate surface area is 135 Å². The molecular formula is C18H20N2O3. The van der Waals surface area contributed by atoms with Gasteiger partial charge in [0.1, 0.15) is 6.04 Å². The number of rotatable bonds is 6. The summed E-state index contributed by atoms with van der Waals surface area (Å²) in [5.74, 6) is -0.791. The van der Waals surface area contributed by atoms with Crippen molar-refractivity contribution in [2.75, 3.05) is 7.11 Å². The van der Waals surface area contributed by atoms with Crippen LogP contribution in [-0.2, 0) is 22.5 Å². The summed E-state index contributed by atoms with van der Waals surface area (Å²) in [6.45, 7) is 0.417. The summed E-state index contributed by atoms with van der Waals surface area (Å²) in [5.41, 5.74) is 7.90. The van der Waals surface area contributed by atoms with Crippen LogP contribution in [0.15, 0.2) is 54.6 Å². The molecule has 1 atom stereocenters. The van der Waals surface area contributed by atoms with Crippen LogP contribution in [0.1, 0.15) is 21.5 Å². The van der Waals surface area contributed by atoms with Crippen LogP contribution in [0.4, 0.5) is 0 Å². The molecule has 120 valence electrons. The van der Waals surface area contributed by atoms with Gasteiger partial charge in [0.05, 0.1) is 7.11 Å². The number of carbonyl (C=O) groups excluding carboxylic acids is 2. The number of ether oxygens (including phenoxy) is 1. The minimum atomic E-state index is -0.732. The Morgan fingerprint density at radius 2 is 1.70 bits per heavy atom. The lowest BCUT2D eigenvalue weighted by atomic mass is 10.1. The van der Waals surface area contributed by atoms with Crippen molar-refractivity contribution in [3.8, 4) is 0 Å². The van der Waals surface area contributed by atoms with Crippen molar-refractivity contribution < 1.29 is 14.3 Å². The van der Waals surface area contributed by atoms with Crippen molar-refractivity contribution in [1.29, 1.82) is 0 Å². The third kappa shape index (κ3) is 4.66. The SMILES string of the molecule is COC(=O)[C@H](Cc1ccccc1)NC(=O)c1ccc(CN)cc1.